The molecule has 0 amide bonds. The maximum Gasteiger partial charge on any atom is 0.0467 e. The van der Waals surface area contributed by atoms with Crippen molar-refractivity contribution in [2.24, 2.45) is 0 Å². The Morgan fingerprint density at radius 3 is 1.26 bits per heavy atom. The van der Waals surface area contributed by atoms with Crippen LogP contribution in [-0.4, -0.2) is 0 Å². The van der Waals surface area contributed by atoms with E-state index in [2.05, 4.69) is 253 Å². The standard InChI is InChI=1S/C61H67N/c1-57(2,3)46-23-17-20-40(31-46)41-21-18-24-50(36-41)62(52-28-29-54-53-26-15-16-27-55(53)61(13,14)56(54)39-52)51-25-19-22-42(37-51)43-30-44(33-47(32-43)58(4,5)6)45-34-48(59(7,8)9)38-49(35-45)60(10,11)12/h15-39H,1-14H3. The van der Waals surface area contributed by atoms with Gasteiger partial charge < -0.3 is 4.90 Å². The molecule has 1 nitrogen and oxygen atoms in total. The van der Waals surface area contributed by atoms with E-state index < -0.39 is 0 Å². The molecule has 0 bridgehead atoms. The zero-order valence-corrected chi connectivity index (χ0v) is 39.9. The molecule has 62 heavy (non-hydrogen) atoms. The van der Waals surface area contributed by atoms with Gasteiger partial charge >= 0.3 is 0 Å². The summed E-state index contributed by atoms with van der Waals surface area (Å²) in [6, 6.07) is 58.0. The van der Waals surface area contributed by atoms with Crippen molar-refractivity contribution in [3.8, 4) is 44.5 Å². The second-order valence-corrected chi connectivity index (χ2v) is 22.5. The van der Waals surface area contributed by atoms with Crippen molar-refractivity contribution in [1.82, 2.24) is 0 Å². The smallest absolute Gasteiger partial charge is 0.0467 e. The molecular formula is C61H67N. The van der Waals surface area contributed by atoms with Crippen LogP contribution < -0.4 is 4.90 Å². The molecule has 0 atom stereocenters. The first kappa shape index (κ1) is 43.0. The minimum absolute atomic E-state index is 0.0283. The number of nitrogens with zero attached hydrogens (tertiary/aromatic N) is 1. The first-order valence-corrected chi connectivity index (χ1v) is 22.7. The molecule has 0 saturated heterocycles. The maximum absolute atomic E-state index is 2.47. The molecule has 316 valence electrons. The number of fused-ring (bicyclic) bond motifs is 3. The van der Waals surface area contributed by atoms with Gasteiger partial charge in [-0.3, -0.25) is 0 Å². The average molecular weight is 814 g/mol. The molecule has 0 fully saturated rings. The summed E-state index contributed by atoms with van der Waals surface area (Å²) in [7, 11) is 0. The highest BCUT2D eigenvalue weighted by Crippen LogP contribution is 2.51. The Hall–Kier alpha value is -5.66. The summed E-state index contributed by atoms with van der Waals surface area (Å²) in [4.78, 5) is 2.47. The summed E-state index contributed by atoms with van der Waals surface area (Å²) in [5, 5.41) is 0. The topological polar surface area (TPSA) is 3.24 Å². The third kappa shape index (κ3) is 8.32. The zero-order chi connectivity index (χ0) is 44.6. The normalized spacial score (nSPS) is 13.8. The Bertz CT molecular complexity index is 2770. The highest BCUT2D eigenvalue weighted by atomic mass is 15.1. The molecular weight excluding hydrogens is 747 g/mol. The van der Waals surface area contributed by atoms with Crippen molar-refractivity contribution < 1.29 is 0 Å². The van der Waals surface area contributed by atoms with E-state index in [9.17, 15) is 0 Å². The van der Waals surface area contributed by atoms with E-state index in [0.717, 1.165) is 17.1 Å². The van der Waals surface area contributed by atoms with Crippen LogP contribution >= 0.6 is 0 Å². The van der Waals surface area contributed by atoms with Crippen molar-refractivity contribution in [3.63, 3.8) is 0 Å². The van der Waals surface area contributed by atoms with Gasteiger partial charge in [0.25, 0.3) is 0 Å². The number of anilines is 3. The van der Waals surface area contributed by atoms with E-state index in [1.165, 1.54) is 77.9 Å². The molecule has 0 heterocycles. The van der Waals surface area contributed by atoms with E-state index in [4.69, 9.17) is 0 Å². The number of rotatable bonds is 6. The fourth-order valence-corrected chi connectivity index (χ4v) is 9.15. The number of benzene rings is 7. The SMILES string of the molecule is CC(C)(C)c1cccc(-c2cccc(N(c3cccc(-c4cc(-c5cc(C(C)(C)C)cc(C(C)(C)C)c5)cc(C(C)(C)C)c4)c3)c3ccc4c(c3)C(C)(C)c3ccccc3-4)c2)c1. The highest BCUT2D eigenvalue weighted by molar-refractivity contribution is 5.88. The Balaban J connectivity index is 1.31. The predicted octanol–water partition coefficient (Wildman–Crippen LogP) is 17.7. The first-order chi connectivity index (χ1) is 29.0. The Labute approximate surface area is 373 Å². The van der Waals surface area contributed by atoms with Gasteiger partial charge in [0.2, 0.25) is 0 Å². The monoisotopic (exact) mass is 814 g/mol. The van der Waals surface area contributed by atoms with Crippen molar-refractivity contribution in [3.05, 3.63) is 185 Å². The van der Waals surface area contributed by atoms with Gasteiger partial charge in [-0.15, -0.1) is 0 Å². The molecule has 0 unspecified atom stereocenters. The van der Waals surface area contributed by atoms with Gasteiger partial charge in [0, 0.05) is 22.5 Å². The van der Waals surface area contributed by atoms with Crippen LogP contribution in [0.4, 0.5) is 17.1 Å². The van der Waals surface area contributed by atoms with E-state index in [-0.39, 0.29) is 27.1 Å². The Morgan fingerprint density at radius 2 is 0.710 bits per heavy atom. The fourth-order valence-electron chi connectivity index (χ4n) is 9.15. The van der Waals surface area contributed by atoms with Crippen molar-refractivity contribution in [2.75, 3.05) is 4.90 Å². The minimum Gasteiger partial charge on any atom is -0.310 e. The van der Waals surface area contributed by atoms with Gasteiger partial charge in [-0.25, -0.2) is 0 Å². The van der Waals surface area contributed by atoms with Gasteiger partial charge in [-0.2, -0.15) is 0 Å². The summed E-state index contributed by atoms with van der Waals surface area (Å²) < 4.78 is 0. The third-order valence-electron chi connectivity index (χ3n) is 13.2. The van der Waals surface area contributed by atoms with Crippen molar-refractivity contribution >= 4 is 17.1 Å². The Morgan fingerprint density at radius 1 is 0.306 bits per heavy atom. The molecule has 7 aromatic carbocycles. The molecule has 7 aromatic rings. The second kappa shape index (κ2) is 15.3. The van der Waals surface area contributed by atoms with Crippen LogP contribution in [0.15, 0.2) is 152 Å². The van der Waals surface area contributed by atoms with Crippen molar-refractivity contribution in [2.45, 2.75) is 124 Å². The van der Waals surface area contributed by atoms with Gasteiger partial charge in [-0.1, -0.05) is 206 Å². The summed E-state index contributed by atoms with van der Waals surface area (Å²) in [5.74, 6) is 0. The molecule has 1 heteroatoms. The summed E-state index contributed by atoms with van der Waals surface area (Å²) in [6.07, 6.45) is 0. The largest absolute Gasteiger partial charge is 0.310 e. The maximum atomic E-state index is 2.47. The van der Waals surface area contributed by atoms with Gasteiger partial charge in [0.05, 0.1) is 0 Å². The van der Waals surface area contributed by atoms with Gasteiger partial charge in [0.1, 0.15) is 0 Å². The van der Waals surface area contributed by atoms with Gasteiger partial charge in [0.15, 0.2) is 0 Å². The van der Waals surface area contributed by atoms with Crippen LogP contribution in [0.25, 0.3) is 44.5 Å². The van der Waals surface area contributed by atoms with Crippen LogP contribution in [0.3, 0.4) is 0 Å². The molecule has 0 aromatic heterocycles. The molecule has 8 rings (SSSR count). The van der Waals surface area contributed by atoms with E-state index >= 15 is 0 Å². The fraction of sp³-hybridized carbons (Fsp3) is 0.311. The van der Waals surface area contributed by atoms with Crippen molar-refractivity contribution in [1.29, 1.82) is 0 Å². The quantitative estimate of drug-likeness (QED) is 0.162. The lowest BCUT2D eigenvalue weighted by Crippen LogP contribution is -2.16. The summed E-state index contributed by atoms with van der Waals surface area (Å²) in [6.45, 7) is 32.6. The van der Waals surface area contributed by atoms with E-state index in [1.54, 1.807) is 0 Å². The van der Waals surface area contributed by atoms with Crippen LogP contribution in [0.1, 0.15) is 130 Å². The minimum atomic E-state index is -0.119. The predicted molar refractivity (Wildman–Crippen MR) is 270 cm³/mol. The lowest BCUT2D eigenvalue weighted by Gasteiger charge is -2.29. The Kier molecular flexibility index (Phi) is 10.6. The molecule has 0 saturated carbocycles. The van der Waals surface area contributed by atoms with E-state index in [0.29, 0.717) is 0 Å². The average Bonchev–Trinajstić information content (AvgIpc) is 3.45. The van der Waals surface area contributed by atoms with Crippen LogP contribution in [-0.2, 0) is 27.1 Å². The number of hydrogen-bond acceptors (Lipinski definition) is 1. The second-order valence-electron chi connectivity index (χ2n) is 22.5. The van der Waals surface area contributed by atoms with Crippen LogP contribution in [0.2, 0.25) is 0 Å². The molecule has 0 radical (unpaired) electrons. The van der Waals surface area contributed by atoms with Gasteiger partial charge in [-0.05, 0) is 142 Å². The van der Waals surface area contributed by atoms with Crippen LogP contribution in [0, 0.1) is 0 Å². The molecule has 0 aliphatic heterocycles. The zero-order valence-electron chi connectivity index (χ0n) is 39.9. The lowest BCUT2D eigenvalue weighted by molar-refractivity contribution is 0.569. The van der Waals surface area contributed by atoms with Crippen LogP contribution in [0.5, 0.6) is 0 Å². The third-order valence-corrected chi connectivity index (χ3v) is 13.2. The first-order valence-electron chi connectivity index (χ1n) is 22.7. The molecule has 0 N–H and O–H groups in total. The summed E-state index contributed by atoms with van der Waals surface area (Å²) in [5.41, 5.74) is 21.6. The molecule has 1 aliphatic carbocycles. The summed E-state index contributed by atoms with van der Waals surface area (Å²) >= 11 is 0. The number of hydrogen-bond donors (Lipinski definition) is 0. The molecule has 1 aliphatic rings. The van der Waals surface area contributed by atoms with E-state index in [1.807, 2.05) is 0 Å². The highest BCUT2D eigenvalue weighted by Gasteiger charge is 2.36. The molecule has 0 spiro atoms. The lowest BCUT2D eigenvalue weighted by atomic mass is 9.78.